The summed E-state index contributed by atoms with van der Waals surface area (Å²) in [6, 6.07) is 2.88. The van der Waals surface area contributed by atoms with Gasteiger partial charge in [0.15, 0.2) is 0 Å². The van der Waals surface area contributed by atoms with Gasteiger partial charge in [-0.05, 0) is 25.0 Å². The highest BCUT2D eigenvalue weighted by Crippen LogP contribution is 2.18. The minimum Gasteiger partial charge on any atom is -0.396 e. The molecule has 0 radical (unpaired) electrons. The number of amides is 2. The smallest absolute Gasteiger partial charge is 0.315 e. The molecule has 2 atom stereocenters. The number of aliphatic hydroxyl groups excluding tert-OH is 1. The zero-order valence-electron chi connectivity index (χ0n) is 11.6. The number of aliphatic hydroxyl groups is 1. The van der Waals surface area contributed by atoms with Gasteiger partial charge in [0.25, 0.3) is 0 Å². The molecular weight excluding hydrogens is 266 g/mol. The molecule has 0 bridgehead atoms. The summed E-state index contributed by atoms with van der Waals surface area (Å²) >= 11 is 0. The minimum absolute atomic E-state index is 0.00135. The van der Waals surface area contributed by atoms with Crippen LogP contribution in [0.2, 0.25) is 0 Å². The SMILES string of the molecule is CC(CNC(=O)N[C@H](C)CCO)c1ccc(F)cc1F. The molecule has 3 N–H and O–H groups in total. The van der Waals surface area contributed by atoms with Crippen LogP contribution in [0.3, 0.4) is 0 Å². The van der Waals surface area contributed by atoms with Crippen molar-refractivity contribution < 1.29 is 18.7 Å². The number of hydrogen-bond donors (Lipinski definition) is 3. The molecule has 20 heavy (non-hydrogen) atoms. The van der Waals surface area contributed by atoms with Crippen molar-refractivity contribution in [1.29, 1.82) is 0 Å². The Morgan fingerprint density at radius 1 is 1.35 bits per heavy atom. The molecule has 1 unspecified atom stereocenters. The van der Waals surface area contributed by atoms with Crippen molar-refractivity contribution in [1.82, 2.24) is 10.6 Å². The maximum absolute atomic E-state index is 13.5. The zero-order valence-corrected chi connectivity index (χ0v) is 11.6. The van der Waals surface area contributed by atoms with Crippen molar-refractivity contribution >= 4 is 6.03 Å². The zero-order chi connectivity index (χ0) is 15.1. The summed E-state index contributed by atoms with van der Waals surface area (Å²) < 4.78 is 26.3. The number of carbonyl (C=O) groups excluding carboxylic acids is 1. The molecule has 0 aliphatic rings. The standard InChI is InChI=1S/C14H20F2N2O2/c1-9(12-4-3-11(15)7-13(12)16)8-17-14(20)18-10(2)5-6-19/h3-4,7,9-10,19H,5-6,8H2,1-2H3,(H2,17,18,20)/t9?,10-/m1/s1. The van der Waals surface area contributed by atoms with Crippen LogP contribution in [0.5, 0.6) is 0 Å². The predicted octanol–water partition coefficient (Wildman–Crippen LogP) is 2.14. The molecule has 1 aromatic carbocycles. The first-order chi connectivity index (χ1) is 9.43. The van der Waals surface area contributed by atoms with Crippen molar-refractivity contribution in [2.24, 2.45) is 0 Å². The van der Waals surface area contributed by atoms with Crippen LogP contribution in [-0.2, 0) is 0 Å². The van der Waals surface area contributed by atoms with Crippen LogP contribution in [0, 0.1) is 11.6 Å². The third-order valence-corrected chi connectivity index (χ3v) is 3.00. The Hall–Kier alpha value is -1.69. The number of nitrogens with one attached hydrogen (secondary N) is 2. The predicted molar refractivity (Wildman–Crippen MR) is 72.5 cm³/mol. The van der Waals surface area contributed by atoms with Gasteiger partial charge in [0, 0.05) is 31.2 Å². The third kappa shape index (κ3) is 5.13. The van der Waals surface area contributed by atoms with Crippen LogP contribution >= 0.6 is 0 Å². The fraction of sp³-hybridized carbons (Fsp3) is 0.500. The minimum atomic E-state index is -0.623. The van der Waals surface area contributed by atoms with E-state index in [0.29, 0.717) is 12.0 Å². The van der Waals surface area contributed by atoms with Gasteiger partial charge < -0.3 is 15.7 Å². The van der Waals surface area contributed by atoms with Gasteiger partial charge in [0.1, 0.15) is 11.6 Å². The molecule has 1 rings (SSSR count). The molecule has 0 spiro atoms. The van der Waals surface area contributed by atoms with E-state index in [1.165, 1.54) is 12.1 Å². The van der Waals surface area contributed by atoms with Gasteiger partial charge in [0.2, 0.25) is 0 Å². The number of halogens is 2. The lowest BCUT2D eigenvalue weighted by atomic mass is 10.0. The molecule has 0 fully saturated rings. The van der Waals surface area contributed by atoms with E-state index in [9.17, 15) is 13.6 Å². The van der Waals surface area contributed by atoms with Crippen LogP contribution in [0.4, 0.5) is 13.6 Å². The molecule has 0 heterocycles. The lowest BCUT2D eigenvalue weighted by molar-refractivity contribution is 0.230. The second kappa shape index (κ2) is 7.79. The van der Waals surface area contributed by atoms with Crippen molar-refractivity contribution in [3.63, 3.8) is 0 Å². The summed E-state index contributed by atoms with van der Waals surface area (Å²) in [4.78, 5) is 11.5. The highest BCUT2D eigenvalue weighted by molar-refractivity contribution is 5.74. The largest absolute Gasteiger partial charge is 0.396 e. The molecule has 6 heteroatoms. The third-order valence-electron chi connectivity index (χ3n) is 3.00. The Bertz CT molecular complexity index is 455. The molecule has 0 saturated carbocycles. The summed E-state index contributed by atoms with van der Waals surface area (Å²) in [6.45, 7) is 3.76. The Morgan fingerprint density at radius 3 is 2.65 bits per heavy atom. The second-order valence-corrected chi connectivity index (χ2v) is 4.83. The van der Waals surface area contributed by atoms with E-state index in [-0.39, 0.29) is 31.1 Å². The average Bonchev–Trinajstić information content (AvgIpc) is 2.36. The summed E-state index contributed by atoms with van der Waals surface area (Å²) in [6.07, 6.45) is 0.468. The summed E-state index contributed by atoms with van der Waals surface area (Å²) in [7, 11) is 0. The summed E-state index contributed by atoms with van der Waals surface area (Å²) in [5, 5.41) is 14.0. The lowest BCUT2D eigenvalue weighted by Gasteiger charge is -2.17. The average molecular weight is 286 g/mol. The molecule has 2 amide bonds. The van der Waals surface area contributed by atoms with Gasteiger partial charge in [0.05, 0.1) is 0 Å². The molecule has 1 aromatic rings. The Labute approximate surface area is 117 Å². The van der Waals surface area contributed by atoms with Crippen molar-refractivity contribution in [2.45, 2.75) is 32.2 Å². The molecule has 4 nitrogen and oxygen atoms in total. The van der Waals surface area contributed by atoms with Gasteiger partial charge in [-0.15, -0.1) is 0 Å². The first kappa shape index (κ1) is 16.4. The van der Waals surface area contributed by atoms with Crippen molar-refractivity contribution in [2.75, 3.05) is 13.2 Å². The van der Waals surface area contributed by atoms with E-state index in [4.69, 9.17) is 5.11 Å². The number of carbonyl (C=O) groups is 1. The van der Waals surface area contributed by atoms with Crippen LogP contribution in [-0.4, -0.2) is 30.3 Å². The van der Waals surface area contributed by atoms with Gasteiger partial charge in [-0.1, -0.05) is 13.0 Å². The molecule has 0 saturated heterocycles. The number of rotatable bonds is 6. The highest BCUT2D eigenvalue weighted by atomic mass is 19.1. The van der Waals surface area contributed by atoms with Crippen LogP contribution in [0.25, 0.3) is 0 Å². The van der Waals surface area contributed by atoms with E-state index in [2.05, 4.69) is 10.6 Å². The Balaban J connectivity index is 2.46. The molecular formula is C14H20F2N2O2. The van der Waals surface area contributed by atoms with Gasteiger partial charge in [-0.3, -0.25) is 0 Å². The van der Waals surface area contributed by atoms with Gasteiger partial charge >= 0.3 is 6.03 Å². The fourth-order valence-corrected chi connectivity index (χ4v) is 1.80. The Morgan fingerprint density at radius 2 is 2.05 bits per heavy atom. The lowest BCUT2D eigenvalue weighted by Crippen LogP contribution is -2.42. The monoisotopic (exact) mass is 286 g/mol. The fourth-order valence-electron chi connectivity index (χ4n) is 1.80. The van der Waals surface area contributed by atoms with Gasteiger partial charge in [-0.25, -0.2) is 13.6 Å². The molecule has 0 aliphatic carbocycles. The Kier molecular flexibility index (Phi) is 6.38. The maximum atomic E-state index is 13.5. The van der Waals surface area contributed by atoms with Crippen molar-refractivity contribution in [3.05, 3.63) is 35.4 Å². The molecule has 0 aromatic heterocycles. The first-order valence-corrected chi connectivity index (χ1v) is 6.54. The maximum Gasteiger partial charge on any atom is 0.315 e. The molecule has 0 aliphatic heterocycles. The summed E-state index contributed by atoms with van der Waals surface area (Å²) in [5.74, 6) is -1.51. The number of urea groups is 1. The normalized spacial score (nSPS) is 13.7. The van der Waals surface area contributed by atoms with E-state index in [1.54, 1.807) is 13.8 Å². The topological polar surface area (TPSA) is 61.4 Å². The van der Waals surface area contributed by atoms with E-state index >= 15 is 0 Å². The highest BCUT2D eigenvalue weighted by Gasteiger charge is 2.13. The van der Waals surface area contributed by atoms with E-state index in [1.807, 2.05) is 0 Å². The van der Waals surface area contributed by atoms with E-state index < -0.39 is 11.6 Å². The number of hydrogen-bond acceptors (Lipinski definition) is 2. The second-order valence-electron chi connectivity index (χ2n) is 4.83. The van der Waals surface area contributed by atoms with Gasteiger partial charge in [-0.2, -0.15) is 0 Å². The van der Waals surface area contributed by atoms with Crippen LogP contribution < -0.4 is 10.6 Å². The van der Waals surface area contributed by atoms with Crippen molar-refractivity contribution in [3.8, 4) is 0 Å². The van der Waals surface area contributed by atoms with Crippen LogP contribution in [0.15, 0.2) is 18.2 Å². The number of benzene rings is 1. The van der Waals surface area contributed by atoms with E-state index in [0.717, 1.165) is 6.07 Å². The quantitative estimate of drug-likeness (QED) is 0.750. The molecule has 112 valence electrons. The first-order valence-electron chi connectivity index (χ1n) is 6.54. The van der Waals surface area contributed by atoms with Crippen LogP contribution in [0.1, 0.15) is 31.7 Å². The summed E-state index contributed by atoms with van der Waals surface area (Å²) in [5.41, 5.74) is 0.357.